The summed E-state index contributed by atoms with van der Waals surface area (Å²) in [6.07, 6.45) is 7.34. The third-order valence-corrected chi connectivity index (χ3v) is 4.35. The number of aryl methyl sites for hydroxylation is 3. The number of imidazole rings is 1. The van der Waals surface area contributed by atoms with Crippen molar-refractivity contribution in [3.8, 4) is 11.6 Å². The van der Waals surface area contributed by atoms with E-state index in [9.17, 15) is 14.7 Å². The van der Waals surface area contributed by atoms with E-state index in [4.69, 9.17) is 0 Å². The van der Waals surface area contributed by atoms with Crippen molar-refractivity contribution < 1.29 is 5.11 Å². The highest BCUT2D eigenvalue weighted by Gasteiger charge is 2.14. The van der Waals surface area contributed by atoms with Gasteiger partial charge in [-0.15, -0.1) is 0 Å². The zero-order valence-electron chi connectivity index (χ0n) is 15.2. The summed E-state index contributed by atoms with van der Waals surface area (Å²) in [6, 6.07) is 5.35. The van der Waals surface area contributed by atoms with Gasteiger partial charge in [0.15, 0.2) is 0 Å². The van der Waals surface area contributed by atoms with Gasteiger partial charge in [0.05, 0.1) is 12.0 Å². The molecular formula is C19H21N5O3. The van der Waals surface area contributed by atoms with Crippen molar-refractivity contribution in [3.63, 3.8) is 0 Å². The molecule has 0 aliphatic rings. The summed E-state index contributed by atoms with van der Waals surface area (Å²) in [6.45, 7) is 5.09. The molecule has 0 atom stereocenters. The first-order chi connectivity index (χ1) is 13.0. The van der Waals surface area contributed by atoms with E-state index in [0.29, 0.717) is 12.2 Å². The van der Waals surface area contributed by atoms with Crippen LogP contribution in [0.1, 0.15) is 23.1 Å². The number of nitrogens with zero attached hydrogens (tertiary/aromatic N) is 4. The number of rotatable bonds is 6. The molecule has 0 fully saturated rings. The van der Waals surface area contributed by atoms with E-state index in [0.717, 1.165) is 28.7 Å². The van der Waals surface area contributed by atoms with E-state index < -0.39 is 17.1 Å². The van der Waals surface area contributed by atoms with Gasteiger partial charge in [-0.1, -0.05) is 6.07 Å². The lowest BCUT2D eigenvalue weighted by molar-refractivity contribution is 0.430. The van der Waals surface area contributed by atoms with Gasteiger partial charge in [-0.05, 0) is 43.5 Å². The van der Waals surface area contributed by atoms with E-state index in [1.807, 2.05) is 30.7 Å². The van der Waals surface area contributed by atoms with Crippen molar-refractivity contribution in [2.45, 2.75) is 26.8 Å². The number of H-pyrrole nitrogens is 1. The van der Waals surface area contributed by atoms with Crippen LogP contribution in [0.4, 0.5) is 0 Å². The summed E-state index contributed by atoms with van der Waals surface area (Å²) >= 11 is 0. The van der Waals surface area contributed by atoms with Gasteiger partial charge in [0, 0.05) is 31.7 Å². The molecule has 0 saturated carbocycles. The van der Waals surface area contributed by atoms with Crippen LogP contribution >= 0.6 is 0 Å². The maximum atomic E-state index is 12.2. The lowest BCUT2D eigenvalue weighted by atomic mass is 10.1. The van der Waals surface area contributed by atoms with Gasteiger partial charge in [0.25, 0.3) is 5.56 Å². The number of aromatic nitrogens is 4. The number of aliphatic imine (C=N–C) groups is 1. The molecule has 0 radical (unpaired) electrons. The number of hydrogen-bond donors (Lipinski definition) is 2. The normalized spacial score (nSPS) is 11.3. The summed E-state index contributed by atoms with van der Waals surface area (Å²) in [4.78, 5) is 34.7. The number of aromatic amines is 1. The first-order valence-electron chi connectivity index (χ1n) is 8.59. The number of hydrogen-bond acceptors (Lipinski definition) is 5. The SMILES string of the molecule is Cc1ccc(-n2c(O)c(C=NCCCn3ccnc3)c(=O)[nH]c2=O)cc1C. The molecule has 3 aromatic rings. The van der Waals surface area contributed by atoms with E-state index in [1.165, 1.54) is 6.21 Å². The molecule has 8 nitrogen and oxygen atoms in total. The van der Waals surface area contributed by atoms with E-state index in [2.05, 4.69) is 15.0 Å². The van der Waals surface area contributed by atoms with Crippen molar-refractivity contribution in [2.24, 2.45) is 4.99 Å². The van der Waals surface area contributed by atoms with Gasteiger partial charge in [0.1, 0.15) is 5.56 Å². The molecule has 0 bridgehead atoms. The Kier molecular flexibility index (Phi) is 5.35. The smallest absolute Gasteiger partial charge is 0.335 e. The quantitative estimate of drug-likeness (QED) is 0.509. The Bertz CT molecular complexity index is 1080. The molecule has 0 spiro atoms. The molecule has 0 amide bonds. The van der Waals surface area contributed by atoms with Crippen LogP contribution in [0.25, 0.3) is 5.69 Å². The summed E-state index contributed by atoms with van der Waals surface area (Å²) in [7, 11) is 0. The topological polar surface area (TPSA) is 105 Å². The second-order valence-electron chi connectivity index (χ2n) is 6.29. The van der Waals surface area contributed by atoms with E-state index >= 15 is 0 Å². The maximum Gasteiger partial charge on any atom is 0.335 e. The Morgan fingerprint density at radius 1 is 1.26 bits per heavy atom. The van der Waals surface area contributed by atoms with Crippen molar-refractivity contribution in [1.29, 1.82) is 0 Å². The maximum absolute atomic E-state index is 12.2. The van der Waals surface area contributed by atoms with Gasteiger partial charge in [0.2, 0.25) is 5.88 Å². The summed E-state index contributed by atoms with van der Waals surface area (Å²) in [5, 5.41) is 10.5. The Morgan fingerprint density at radius 3 is 2.78 bits per heavy atom. The molecule has 0 aliphatic carbocycles. The van der Waals surface area contributed by atoms with Crippen LogP contribution in [-0.2, 0) is 6.54 Å². The van der Waals surface area contributed by atoms with Gasteiger partial charge in [-0.2, -0.15) is 0 Å². The second kappa shape index (κ2) is 7.86. The van der Waals surface area contributed by atoms with Crippen LogP contribution in [0.3, 0.4) is 0 Å². The minimum absolute atomic E-state index is 0.0459. The predicted molar refractivity (Wildman–Crippen MR) is 103 cm³/mol. The second-order valence-corrected chi connectivity index (χ2v) is 6.29. The Labute approximate surface area is 155 Å². The van der Waals surface area contributed by atoms with Gasteiger partial charge >= 0.3 is 5.69 Å². The van der Waals surface area contributed by atoms with Gasteiger partial charge in [-0.3, -0.25) is 14.8 Å². The third-order valence-electron chi connectivity index (χ3n) is 4.35. The summed E-state index contributed by atoms with van der Waals surface area (Å²) < 4.78 is 3.00. The fourth-order valence-electron chi connectivity index (χ4n) is 2.68. The average Bonchev–Trinajstić information content (AvgIpc) is 3.13. The highest BCUT2D eigenvalue weighted by atomic mass is 16.3. The van der Waals surface area contributed by atoms with Crippen LogP contribution in [0.2, 0.25) is 0 Å². The molecule has 2 heterocycles. The van der Waals surface area contributed by atoms with E-state index in [-0.39, 0.29) is 5.56 Å². The molecular weight excluding hydrogens is 346 g/mol. The highest BCUT2D eigenvalue weighted by molar-refractivity contribution is 5.82. The molecule has 8 heteroatoms. The molecule has 0 unspecified atom stereocenters. The van der Waals surface area contributed by atoms with Gasteiger partial charge in [-0.25, -0.2) is 14.3 Å². The molecule has 1 aromatic carbocycles. The first kappa shape index (κ1) is 18.4. The van der Waals surface area contributed by atoms with Crippen molar-refractivity contribution in [1.82, 2.24) is 19.1 Å². The molecule has 27 heavy (non-hydrogen) atoms. The Hall–Kier alpha value is -3.42. The molecule has 2 N–H and O–H groups in total. The zero-order chi connectivity index (χ0) is 19.4. The molecule has 0 saturated heterocycles. The lowest BCUT2D eigenvalue weighted by Gasteiger charge is -2.11. The summed E-state index contributed by atoms with van der Waals surface area (Å²) in [5.74, 6) is -0.426. The largest absolute Gasteiger partial charge is 0.493 e. The van der Waals surface area contributed by atoms with Crippen LogP contribution in [0.15, 0.2) is 51.5 Å². The Morgan fingerprint density at radius 2 is 2.07 bits per heavy atom. The van der Waals surface area contributed by atoms with Gasteiger partial charge < -0.3 is 9.67 Å². The third kappa shape index (κ3) is 4.05. The molecule has 3 rings (SSSR count). The molecule has 0 aliphatic heterocycles. The van der Waals surface area contributed by atoms with E-state index in [1.54, 1.807) is 24.7 Å². The van der Waals surface area contributed by atoms with Crippen molar-refractivity contribution >= 4 is 6.21 Å². The van der Waals surface area contributed by atoms with Crippen molar-refractivity contribution in [3.05, 3.63) is 74.4 Å². The minimum atomic E-state index is -0.696. The monoisotopic (exact) mass is 367 g/mol. The number of nitrogens with one attached hydrogen (secondary N) is 1. The summed E-state index contributed by atoms with van der Waals surface area (Å²) in [5.41, 5.74) is 1.10. The fraction of sp³-hybridized carbons (Fsp3) is 0.263. The molecule has 140 valence electrons. The predicted octanol–water partition coefficient (Wildman–Crippen LogP) is 1.55. The molecule has 2 aromatic heterocycles. The number of aromatic hydroxyl groups is 1. The zero-order valence-corrected chi connectivity index (χ0v) is 15.2. The van der Waals surface area contributed by atoms with Crippen LogP contribution < -0.4 is 11.2 Å². The highest BCUT2D eigenvalue weighted by Crippen LogP contribution is 2.18. The fourth-order valence-corrected chi connectivity index (χ4v) is 2.68. The lowest BCUT2D eigenvalue weighted by Crippen LogP contribution is -2.31. The Balaban J connectivity index is 1.85. The standard InChI is InChI=1S/C19H21N5O3/c1-13-4-5-15(10-14(13)2)24-18(26)16(17(25)22-19(24)27)11-20-6-3-8-23-9-7-21-12-23/h4-5,7,9-12,26H,3,6,8H2,1-2H3,(H,22,25,27). The first-order valence-corrected chi connectivity index (χ1v) is 8.59. The van der Waals surface area contributed by atoms with Crippen LogP contribution in [-0.4, -0.2) is 37.0 Å². The van der Waals surface area contributed by atoms with Crippen LogP contribution in [0.5, 0.6) is 5.88 Å². The van der Waals surface area contributed by atoms with Crippen molar-refractivity contribution in [2.75, 3.05) is 6.54 Å². The average molecular weight is 367 g/mol. The van der Waals surface area contributed by atoms with Crippen LogP contribution in [0, 0.1) is 13.8 Å². The number of benzene rings is 1. The minimum Gasteiger partial charge on any atom is -0.493 e.